The number of ether oxygens (including phenoxy) is 1. The number of aryl methyl sites for hydroxylation is 1. The van der Waals surface area contributed by atoms with Gasteiger partial charge < -0.3 is 30.7 Å². The van der Waals surface area contributed by atoms with Gasteiger partial charge in [0.05, 0.1) is 0 Å². The van der Waals surface area contributed by atoms with E-state index in [0.29, 0.717) is 18.5 Å². The van der Waals surface area contributed by atoms with Gasteiger partial charge in [-0.3, -0.25) is 9.59 Å². The topological polar surface area (TPSA) is 128 Å². The number of fused-ring (bicyclic) bond motifs is 1. The van der Waals surface area contributed by atoms with E-state index in [0.717, 1.165) is 5.56 Å². The van der Waals surface area contributed by atoms with Gasteiger partial charge in [0.2, 0.25) is 5.91 Å². The van der Waals surface area contributed by atoms with Crippen LogP contribution in [0.3, 0.4) is 0 Å². The maximum Gasteiger partial charge on any atom is 0.252 e. The van der Waals surface area contributed by atoms with Crippen LogP contribution in [0.5, 0.6) is 0 Å². The highest BCUT2D eigenvalue weighted by Crippen LogP contribution is 2.22. The van der Waals surface area contributed by atoms with E-state index in [1.165, 1.54) is 13.2 Å². The zero-order valence-electron chi connectivity index (χ0n) is 17.8. The molecule has 1 aliphatic rings. The number of para-hydroxylation sites is 1. The van der Waals surface area contributed by atoms with Crippen molar-refractivity contribution in [3.8, 4) is 0 Å². The second kappa shape index (κ2) is 10.2. The van der Waals surface area contributed by atoms with Crippen molar-refractivity contribution in [3.05, 3.63) is 42.0 Å². The summed E-state index contributed by atoms with van der Waals surface area (Å²) in [5, 5.41) is 36.2. The predicted octanol–water partition coefficient (Wildman–Crippen LogP) is 0.756. The molecule has 0 aromatic heterocycles. The number of aliphatic hydroxyl groups excluding tert-OH is 3. The van der Waals surface area contributed by atoms with Gasteiger partial charge in [0, 0.05) is 12.8 Å². The Kier molecular flexibility index (Phi) is 8.14. The molecular formula is C22H32N2O6. The van der Waals surface area contributed by atoms with Gasteiger partial charge in [-0.15, -0.1) is 0 Å². The van der Waals surface area contributed by atoms with E-state index >= 15 is 0 Å². The number of hydrogen-bond donors (Lipinski definition) is 5. The first-order valence-electron chi connectivity index (χ1n) is 9.99. The Morgan fingerprint density at radius 2 is 1.90 bits per heavy atom. The predicted molar refractivity (Wildman–Crippen MR) is 113 cm³/mol. The highest BCUT2D eigenvalue weighted by Gasteiger charge is 2.37. The molecule has 2 amide bonds. The Bertz CT molecular complexity index is 773. The molecule has 0 aliphatic carbocycles. The van der Waals surface area contributed by atoms with E-state index in [4.69, 9.17) is 4.74 Å². The van der Waals surface area contributed by atoms with E-state index in [1.54, 1.807) is 12.1 Å². The van der Waals surface area contributed by atoms with Gasteiger partial charge in [-0.05, 0) is 29.9 Å². The quantitative estimate of drug-likeness (QED) is 0.414. The number of carbonyl (C=O) groups is 2. The minimum Gasteiger partial charge on any atom is -0.387 e. The fourth-order valence-electron chi connectivity index (χ4n) is 3.19. The molecule has 2 rings (SSSR count). The minimum absolute atomic E-state index is 0.228. The summed E-state index contributed by atoms with van der Waals surface area (Å²) < 4.78 is 5.07. The first kappa shape index (κ1) is 24.0. The van der Waals surface area contributed by atoms with Gasteiger partial charge in [-0.2, -0.15) is 0 Å². The van der Waals surface area contributed by atoms with Crippen LogP contribution in [0, 0.1) is 5.41 Å². The Labute approximate surface area is 176 Å². The van der Waals surface area contributed by atoms with E-state index < -0.39 is 36.4 Å². The van der Waals surface area contributed by atoms with Crippen molar-refractivity contribution in [2.45, 2.75) is 64.1 Å². The maximum atomic E-state index is 12.7. The van der Waals surface area contributed by atoms with Crippen molar-refractivity contribution in [1.82, 2.24) is 5.32 Å². The molecule has 8 heteroatoms. The standard InChI is InChI=1S/C22H32N2O6/c1-22(2,3)12-11-16(25)17(26)18(27)19(30-4)21(29)24-15-10-9-13-7-5-6-8-14(13)23-20(15)28/h5-8,11-12,15-19,25-27H,9-10H2,1-4H3,(H,23,28)(H,24,29)/t15?,16-,17+,18-,19-/m1/s1. The third-order valence-electron chi connectivity index (χ3n) is 4.93. The van der Waals surface area contributed by atoms with Crippen LogP contribution < -0.4 is 10.6 Å². The molecule has 1 aromatic rings. The second-order valence-electron chi connectivity index (χ2n) is 8.60. The smallest absolute Gasteiger partial charge is 0.252 e. The Hall–Kier alpha value is -2.26. The summed E-state index contributed by atoms with van der Waals surface area (Å²) in [6.07, 6.45) is -2.17. The molecule has 0 fully saturated rings. The van der Waals surface area contributed by atoms with E-state index in [2.05, 4.69) is 10.6 Å². The molecule has 5 atom stereocenters. The van der Waals surface area contributed by atoms with Crippen molar-refractivity contribution in [2.75, 3.05) is 12.4 Å². The summed E-state index contributed by atoms with van der Waals surface area (Å²) in [4.78, 5) is 25.2. The molecule has 1 unspecified atom stereocenters. The zero-order chi connectivity index (χ0) is 22.5. The van der Waals surface area contributed by atoms with Gasteiger partial charge in [0.15, 0.2) is 6.10 Å². The molecule has 8 nitrogen and oxygen atoms in total. The summed E-state index contributed by atoms with van der Waals surface area (Å²) in [5.41, 5.74) is 1.44. The van der Waals surface area contributed by atoms with Crippen LogP contribution in [-0.2, 0) is 20.7 Å². The first-order chi connectivity index (χ1) is 14.0. The number of carbonyl (C=O) groups excluding carboxylic acids is 2. The molecule has 166 valence electrons. The zero-order valence-corrected chi connectivity index (χ0v) is 17.8. The van der Waals surface area contributed by atoms with E-state index in [-0.39, 0.29) is 11.3 Å². The van der Waals surface area contributed by atoms with Crippen LogP contribution in [-0.4, -0.2) is 64.7 Å². The molecule has 0 saturated carbocycles. The average molecular weight is 421 g/mol. The van der Waals surface area contributed by atoms with Crippen LogP contribution in [0.15, 0.2) is 36.4 Å². The molecule has 0 saturated heterocycles. The van der Waals surface area contributed by atoms with Crippen LogP contribution in [0.25, 0.3) is 0 Å². The number of allylic oxidation sites excluding steroid dienone is 1. The van der Waals surface area contributed by atoms with Gasteiger partial charge in [0.1, 0.15) is 24.4 Å². The number of rotatable bonds is 7. The number of methoxy groups -OCH3 is 1. The highest BCUT2D eigenvalue weighted by atomic mass is 16.5. The molecule has 0 bridgehead atoms. The number of anilines is 1. The Morgan fingerprint density at radius 1 is 1.23 bits per heavy atom. The molecule has 1 heterocycles. The average Bonchev–Trinajstić information content (AvgIpc) is 2.84. The molecule has 5 N–H and O–H groups in total. The Balaban J connectivity index is 2.03. The SMILES string of the molecule is CO[C@@H](C(=O)NC1CCc2ccccc2NC1=O)[C@H](O)[C@@H](O)[C@H](O)C=CC(C)(C)C. The lowest BCUT2D eigenvalue weighted by Gasteiger charge is -2.28. The summed E-state index contributed by atoms with van der Waals surface area (Å²) in [6, 6.07) is 6.57. The van der Waals surface area contributed by atoms with Gasteiger partial charge in [-0.25, -0.2) is 0 Å². The summed E-state index contributed by atoms with van der Waals surface area (Å²) >= 11 is 0. The van der Waals surface area contributed by atoms with Crippen molar-refractivity contribution in [1.29, 1.82) is 0 Å². The minimum atomic E-state index is -1.69. The third-order valence-corrected chi connectivity index (χ3v) is 4.93. The lowest BCUT2D eigenvalue weighted by molar-refractivity contribution is -0.150. The first-order valence-corrected chi connectivity index (χ1v) is 9.99. The number of hydrogen-bond acceptors (Lipinski definition) is 6. The normalized spacial score (nSPS) is 21.2. The van der Waals surface area contributed by atoms with E-state index in [9.17, 15) is 24.9 Å². The number of aliphatic hydroxyl groups is 3. The van der Waals surface area contributed by atoms with Gasteiger partial charge >= 0.3 is 0 Å². The maximum absolute atomic E-state index is 12.7. The lowest BCUT2D eigenvalue weighted by Crippen LogP contribution is -2.55. The van der Waals surface area contributed by atoms with Crippen molar-refractivity contribution in [2.24, 2.45) is 5.41 Å². The van der Waals surface area contributed by atoms with Crippen molar-refractivity contribution >= 4 is 17.5 Å². The van der Waals surface area contributed by atoms with Crippen LogP contribution in [0.4, 0.5) is 5.69 Å². The van der Waals surface area contributed by atoms with Crippen LogP contribution >= 0.6 is 0 Å². The van der Waals surface area contributed by atoms with Crippen LogP contribution in [0.2, 0.25) is 0 Å². The molecule has 30 heavy (non-hydrogen) atoms. The lowest BCUT2D eigenvalue weighted by atomic mass is 9.94. The molecule has 1 aromatic carbocycles. The fraction of sp³-hybridized carbons (Fsp3) is 0.545. The monoisotopic (exact) mass is 420 g/mol. The fourth-order valence-corrected chi connectivity index (χ4v) is 3.19. The van der Waals surface area contributed by atoms with Gasteiger partial charge in [-0.1, -0.05) is 51.1 Å². The molecule has 1 aliphatic heterocycles. The Morgan fingerprint density at radius 3 is 2.53 bits per heavy atom. The third kappa shape index (κ3) is 6.37. The number of benzene rings is 1. The molecule has 0 radical (unpaired) electrons. The van der Waals surface area contributed by atoms with Gasteiger partial charge in [0.25, 0.3) is 5.91 Å². The van der Waals surface area contributed by atoms with E-state index in [1.807, 2.05) is 39.0 Å². The highest BCUT2D eigenvalue weighted by molar-refractivity contribution is 5.99. The largest absolute Gasteiger partial charge is 0.387 e. The number of amides is 2. The molecular weight excluding hydrogens is 388 g/mol. The number of nitrogens with one attached hydrogen (secondary N) is 2. The van der Waals surface area contributed by atoms with Crippen molar-refractivity contribution in [3.63, 3.8) is 0 Å². The summed E-state index contributed by atoms with van der Waals surface area (Å²) in [5.74, 6) is -1.12. The van der Waals surface area contributed by atoms with Crippen LogP contribution in [0.1, 0.15) is 32.8 Å². The molecule has 0 spiro atoms. The second-order valence-corrected chi connectivity index (χ2v) is 8.60. The van der Waals surface area contributed by atoms with Crippen molar-refractivity contribution < 1.29 is 29.6 Å². The summed E-state index contributed by atoms with van der Waals surface area (Å²) in [6.45, 7) is 5.75. The summed E-state index contributed by atoms with van der Waals surface area (Å²) in [7, 11) is 1.21.